The van der Waals surface area contributed by atoms with E-state index in [1.54, 1.807) is 13.2 Å². The number of benzene rings is 1. The number of nitrogens with one attached hydrogen (secondary N) is 1. The lowest BCUT2D eigenvalue weighted by Crippen LogP contribution is -2.49. The van der Waals surface area contributed by atoms with Gasteiger partial charge in [0, 0.05) is 18.4 Å². The largest absolute Gasteiger partial charge is 0.378 e. The monoisotopic (exact) mass is 351 g/mol. The van der Waals surface area contributed by atoms with Crippen LogP contribution in [0.5, 0.6) is 0 Å². The van der Waals surface area contributed by atoms with Crippen molar-refractivity contribution in [3.8, 4) is 11.8 Å². The van der Waals surface area contributed by atoms with E-state index in [1.165, 1.54) is 0 Å². The second kappa shape index (κ2) is 8.88. The van der Waals surface area contributed by atoms with Crippen molar-refractivity contribution in [3.05, 3.63) is 42.5 Å². The van der Waals surface area contributed by atoms with E-state index in [1.807, 2.05) is 31.2 Å². The van der Waals surface area contributed by atoms with Crippen molar-refractivity contribution < 1.29 is 17.6 Å². The van der Waals surface area contributed by atoms with Gasteiger partial charge >= 0.3 is 0 Å². The zero-order valence-electron chi connectivity index (χ0n) is 14.9. The third-order valence-electron chi connectivity index (χ3n) is 3.81. The van der Waals surface area contributed by atoms with Gasteiger partial charge in [-0.2, -0.15) is 0 Å². The summed E-state index contributed by atoms with van der Waals surface area (Å²) in [7, 11) is 0.449. The van der Waals surface area contributed by atoms with Crippen LogP contribution in [0.4, 0.5) is 5.69 Å². The second-order valence-electron chi connectivity index (χ2n) is 6.01. The predicted octanol–water partition coefficient (Wildman–Crippen LogP) is 2.40. The number of likely N-dealkylation sites (N-methyl/N-ethyl adjacent to an activating group) is 1. The first-order chi connectivity index (χ1) is 11.3. The van der Waals surface area contributed by atoms with E-state index in [-0.39, 0.29) is 6.04 Å². The summed E-state index contributed by atoms with van der Waals surface area (Å²) in [5.74, 6) is 6.08. The van der Waals surface area contributed by atoms with E-state index in [0.29, 0.717) is 23.3 Å². The zero-order chi connectivity index (χ0) is 18.2. The summed E-state index contributed by atoms with van der Waals surface area (Å²) in [5.41, 5.74) is 1.54. The summed E-state index contributed by atoms with van der Waals surface area (Å²) < 4.78 is 31.5. The van der Waals surface area contributed by atoms with Crippen LogP contribution in [-0.4, -0.2) is 53.0 Å². The van der Waals surface area contributed by atoms with Gasteiger partial charge in [-0.15, -0.1) is 5.92 Å². The number of hydrogen-bond donors (Lipinski definition) is 1. The summed E-state index contributed by atoms with van der Waals surface area (Å²) in [6.07, 6.45) is 3.01. The topological polar surface area (TPSA) is 55.4 Å². The Balaban J connectivity index is 3.28. The lowest BCUT2D eigenvalue weighted by atomic mass is 10.0. The number of hydrogen-bond acceptors (Lipinski definition) is 3. The van der Waals surface area contributed by atoms with E-state index < -0.39 is 10.0 Å². The van der Waals surface area contributed by atoms with Crippen molar-refractivity contribution in [1.29, 1.82) is 0 Å². The van der Waals surface area contributed by atoms with Crippen molar-refractivity contribution in [1.82, 2.24) is 0 Å². The minimum Gasteiger partial charge on any atom is -0.378 e. The first-order valence-corrected chi connectivity index (χ1v) is 9.56. The molecule has 0 fully saturated rings. The summed E-state index contributed by atoms with van der Waals surface area (Å²) in [6, 6.07) is 7.42. The third-order valence-corrected chi connectivity index (χ3v) is 4.42. The highest BCUT2D eigenvalue weighted by Gasteiger charge is 2.32. The van der Waals surface area contributed by atoms with Gasteiger partial charge in [-0.05, 0) is 31.1 Å². The quantitative estimate of drug-likeness (QED) is 0.422. The molecule has 0 aliphatic carbocycles. The Hall–Kier alpha value is -1.81. The van der Waals surface area contributed by atoms with Gasteiger partial charge in [-0.3, -0.25) is 4.72 Å². The Kier molecular flexibility index (Phi) is 7.49. The van der Waals surface area contributed by atoms with Gasteiger partial charge in [-0.25, -0.2) is 8.42 Å². The zero-order valence-corrected chi connectivity index (χ0v) is 15.7. The van der Waals surface area contributed by atoms with Crippen LogP contribution in [0, 0.1) is 11.8 Å². The van der Waals surface area contributed by atoms with E-state index in [9.17, 15) is 8.42 Å². The Morgan fingerprint density at radius 1 is 1.46 bits per heavy atom. The van der Waals surface area contributed by atoms with Crippen LogP contribution >= 0.6 is 0 Å². The molecule has 0 saturated heterocycles. The molecule has 24 heavy (non-hydrogen) atoms. The van der Waals surface area contributed by atoms with Crippen LogP contribution in [0.25, 0.3) is 0 Å². The van der Waals surface area contributed by atoms with Crippen molar-refractivity contribution >= 4 is 15.7 Å². The first-order valence-electron chi connectivity index (χ1n) is 7.67. The van der Waals surface area contributed by atoms with E-state index in [2.05, 4.69) is 30.2 Å². The fraction of sp³-hybridized carbons (Fsp3) is 0.444. The molecule has 0 aliphatic heterocycles. The SMILES string of the molecule is C=CC[N+](C)(CC#CC)C(COC)c1cccc(NS(C)(=O)=O)c1. The molecule has 5 nitrogen and oxygen atoms in total. The van der Waals surface area contributed by atoms with Gasteiger partial charge < -0.3 is 9.22 Å². The lowest BCUT2D eigenvalue weighted by molar-refractivity contribution is -0.928. The molecule has 0 saturated carbocycles. The molecule has 6 heteroatoms. The summed E-state index contributed by atoms with van der Waals surface area (Å²) in [4.78, 5) is 0. The van der Waals surface area contributed by atoms with Gasteiger partial charge in [0.15, 0.2) is 0 Å². The Morgan fingerprint density at radius 3 is 2.71 bits per heavy atom. The highest BCUT2D eigenvalue weighted by molar-refractivity contribution is 7.92. The van der Waals surface area contributed by atoms with E-state index in [0.717, 1.165) is 18.4 Å². The number of ether oxygens (including phenoxy) is 1. The van der Waals surface area contributed by atoms with Crippen LogP contribution in [-0.2, 0) is 14.8 Å². The molecule has 1 N–H and O–H groups in total. The van der Waals surface area contributed by atoms with Gasteiger partial charge in [0.2, 0.25) is 10.0 Å². The van der Waals surface area contributed by atoms with Gasteiger partial charge in [0.05, 0.1) is 19.8 Å². The molecule has 1 aromatic carbocycles. The number of sulfonamides is 1. The standard InChI is InChI=1S/C18H27N2O3S/c1-6-8-13-20(3,12-7-2)18(15-23-4)16-10-9-11-17(14-16)19-24(5,21)22/h7,9-11,14,18-19H,2,12-13,15H2,1,3-5H3/q+1. The molecule has 0 bridgehead atoms. The van der Waals surface area contributed by atoms with Crippen molar-refractivity contribution in [2.45, 2.75) is 13.0 Å². The highest BCUT2D eigenvalue weighted by Crippen LogP contribution is 2.29. The smallest absolute Gasteiger partial charge is 0.229 e. The molecule has 1 aromatic rings. The summed E-state index contributed by atoms with van der Waals surface area (Å²) >= 11 is 0. The predicted molar refractivity (Wildman–Crippen MR) is 99.1 cm³/mol. The van der Waals surface area contributed by atoms with Gasteiger partial charge in [0.25, 0.3) is 0 Å². The molecule has 2 atom stereocenters. The maximum Gasteiger partial charge on any atom is 0.229 e. The van der Waals surface area contributed by atoms with Crippen LogP contribution in [0.2, 0.25) is 0 Å². The number of methoxy groups -OCH3 is 1. The Bertz CT molecular complexity index is 719. The second-order valence-corrected chi connectivity index (χ2v) is 7.75. The molecule has 0 aliphatic rings. The fourth-order valence-corrected chi connectivity index (χ4v) is 3.23. The number of quaternary nitrogens is 1. The normalized spacial score (nSPS) is 14.8. The average molecular weight is 351 g/mol. The van der Waals surface area contributed by atoms with E-state index >= 15 is 0 Å². The van der Waals surface area contributed by atoms with Crippen molar-refractivity contribution in [2.75, 3.05) is 44.8 Å². The van der Waals surface area contributed by atoms with Crippen LogP contribution < -0.4 is 4.72 Å². The molecule has 0 aromatic heterocycles. The van der Waals surface area contributed by atoms with Crippen LogP contribution in [0.15, 0.2) is 36.9 Å². The molecule has 132 valence electrons. The summed E-state index contributed by atoms with van der Waals surface area (Å²) in [5, 5.41) is 0. The lowest BCUT2D eigenvalue weighted by Gasteiger charge is -2.39. The number of rotatable bonds is 9. The number of anilines is 1. The molecule has 0 heterocycles. The molecular formula is C18H27N2O3S+. The fourth-order valence-electron chi connectivity index (χ4n) is 2.67. The summed E-state index contributed by atoms with van der Waals surface area (Å²) in [6.45, 7) is 7.56. The molecule has 0 radical (unpaired) electrons. The van der Waals surface area contributed by atoms with Crippen LogP contribution in [0.1, 0.15) is 18.5 Å². The van der Waals surface area contributed by atoms with Gasteiger partial charge in [0.1, 0.15) is 19.2 Å². The minimum atomic E-state index is -3.32. The average Bonchev–Trinajstić information content (AvgIpc) is 2.49. The third kappa shape index (κ3) is 6.00. The first kappa shape index (κ1) is 20.2. The van der Waals surface area contributed by atoms with Crippen molar-refractivity contribution in [3.63, 3.8) is 0 Å². The maximum atomic E-state index is 11.5. The molecular weight excluding hydrogens is 324 g/mol. The maximum absolute atomic E-state index is 11.5. The Labute approximate surface area is 146 Å². The molecule has 2 unspecified atom stereocenters. The highest BCUT2D eigenvalue weighted by atomic mass is 32.2. The number of nitrogens with zero attached hydrogens (tertiary/aromatic N) is 1. The van der Waals surface area contributed by atoms with Gasteiger partial charge in [-0.1, -0.05) is 18.7 Å². The molecule has 0 amide bonds. The molecule has 1 rings (SSSR count). The molecule has 0 spiro atoms. The Morgan fingerprint density at radius 2 is 2.17 bits per heavy atom. The van der Waals surface area contributed by atoms with Crippen molar-refractivity contribution in [2.24, 2.45) is 0 Å². The van der Waals surface area contributed by atoms with E-state index in [4.69, 9.17) is 4.74 Å². The van der Waals surface area contributed by atoms with Crippen LogP contribution in [0.3, 0.4) is 0 Å². The minimum absolute atomic E-state index is 0.00941.